The van der Waals surface area contributed by atoms with Crippen LogP contribution in [0.4, 0.5) is 20.2 Å². The molecule has 2 aromatic carbocycles. The Kier molecular flexibility index (Phi) is 4.48. The minimum atomic E-state index is -4.12. The highest BCUT2D eigenvalue weighted by molar-refractivity contribution is 9.10. The molecule has 0 aromatic heterocycles. The molecule has 0 fully saturated rings. The molecule has 0 spiro atoms. The smallest absolute Gasteiger partial charge is 0.264 e. The zero-order valence-electron chi connectivity index (χ0n) is 10.8. The highest BCUT2D eigenvalue weighted by Crippen LogP contribution is 2.28. The molecule has 4 nitrogen and oxygen atoms in total. The molecule has 8 heteroatoms. The minimum absolute atomic E-state index is 0.103. The summed E-state index contributed by atoms with van der Waals surface area (Å²) in [5, 5.41) is 2.71. The van der Waals surface area contributed by atoms with Crippen molar-refractivity contribution in [2.75, 3.05) is 17.1 Å². The molecule has 0 heterocycles. The van der Waals surface area contributed by atoms with E-state index in [1.807, 2.05) is 4.72 Å². The number of sulfonamides is 1. The predicted octanol–water partition coefficient (Wildman–Crippen LogP) is 3.57. The Balaban J connectivity index is 2.48. The monoisotopic (exact) mass is 376 g/mol. The second-order valence-electron chi connectivity index (χ2n) is 4.10. The predicted molar refractivity (Wildman–Crippen MR) is 80.9 cm³/mol. The van der Waals surface area contributed by atoms with Crippen LogP contribution in [0.2, 0.25) is 0 Å². The number of rotatable bonds is 4. The summed E-state index contributed by atoms with van der Waals surface area (Å²) in [5.74, 6) is -2.01. The van der Waals surface area contributed by atoms with Gasteiger partial charge in [0.25, 0.3) is 10.0 Å². The first-order chi connectivity index (χ1) is 9.85. The van der Waals surface area contributed by atoms with Gasteiger partial charge < -0.3 is 5.32 Å². The SMILES string of the molecule is CNc1ccccc1S(=O)(=O)Nc1c(F)cc(Br)cc1F. The van der Waals surface area contributed by atoms with E-state index in [2.05, 4.69) is 21.2 Å². The number of hydrogen-bond acceptors (Lipinski definition) is 3. The standard InChI is InChI=1S/C13H11BrF2N2O2S/c1-17-11-4-2-3-5-12(11)21(19,20)18-13-9(15)6-8(14)7-10(13)16/h2-7,17-18H,1H3. The Morgan fingerprint density at radius 3 is 2.24 bits per heavy atom. The molecule has 0 aliphatic heterocycles. The molecule has 2 rings (SSSR count). The molecule has 112 valence electrons. The molecule has 0 aliphatic rings. The van der Waals surface area contributed by atoms with Gasteiger partial charge in [-0.2, -0.15) is 0 Å². The van der Waals surface area contributed by atoms with Crippen molar-refractivity contribution in [1.29, 1.82) is 0 Å². The van der Waals surface area contributed by atoms with Crippen molar-refractivity contribution >= 4 is 37.3 Å². The zero-order chi connectivity index (χ0) is 15.6. The summed E-state index contributed by atoms with van der Waals surface area (Å²) >= 11 is 2.93. The molecule has 21 heavy (non-hydrogen) atoms. The highest BCUT2D eigenvalue weighted by atomic mass is 79.9. The molecule has 2 aromatic rings. The van der Waals surface area contributed by atoms with Crippen LogP contribution in [-0.4, -0.2) is 15.5 Å². The van der Waals surface area contributed by atoms with Gasteiger partial charge in [-0.3, -0.25) is 4.72 Å². The Hall–Kier alpha value is -1.67. The molecule has 0 amide bonds. The van der Waals surface area contributed by atoms with Gasteiger partial charge in [-0.15, -0.1) is 0 Å². The summed E-state index contributed by atoms with van der Waals surface area (Å²) in [6.07, 6.45) is 0. The van der Waals surface area contributed by atoms with Gasteiger partial charge in [0.05, 0.1) is 5.69 Å². The summed E-state index contributed by atoms with van der Waals surface area (Å²) in [6.45, 7) is 0. The maximum atomic E-state index is 13.7. The summed E-state index contributed by atoms with van der Waals surface area (Å²) in [5.41, 5.74) is -0.396. The fraction of sp³-hybridized carbons (Fsp3) is 0.0769. The van der Waals surface area contributed by atoms with Crippen LogP contribution in [0.1, 0.15) is 0 Å². The zero-order valence-corrected chi connectivity index (χ0v) is 13.2. The molecule has 0 atom stereocenters. The van der Waals surface area contributed by atoms with Crippen LogP contribution < -0.4 is 10.0 Å². The summed E-state index contributed by atoms with van der Waals surface area (Å²) in [7, 11) is -2.57. The van der Waals surface area contributed by atoms with Crippen molar-refractivity contribution in [1.82, 2.24) is 0 Å². The van der Waals surface area contributed by atoms with E-state index in [1.54, 1.807) is 19.2 Å². The summed E-state index contributed by atoms with van der Waals surface area (Å²) < 4.78 is 54.1. The van der Waals surface area contributed by atoms with E-state index in [1.165, 1.54) is 12.1 Å². The van der Waals surface area contributed by atoms with Crippen LogP contribution in [0.25, 0.3) is 0 Å². The maximum Gasteiger partial charge on any atom is 0.264 e. The van der Waals surface area contributed by atoms with Crippen LogP contribution in [0.15, 0.2) is 45.8 Å². The van der Waals surface area contributed by atoms with Crippen molar-refractivity contribution in [3.63, 3.8) is 0 Å². The molecule has 0 aliphatic carbocycles. The largest absolute Gasteiger partial charge is 0.387 e. The van der Waals surface area contributed by atoms with Crippen molar-refractivity contribution < 1.29 is 17.2 Å². The average molecular weight is 377 g/mol. The Morgan fingerprint density at radius 1 is 1.10 bits per heavy atom. The van der Waals surface area contributed by atoms with Gasteiger partial charge in [-0.05, 0) is 24.3 Å². The van der Waals surface area contributed by atoms with Gasteiger partial charge in [0.15, 0.2) is 11.6 Å². The molecular formula is C13H11BrF2N2O2S. The quantitative estimate of drug-likeness (QED) is 0.857. The topological polar surface area (TPSA) is 58.2 Å². The first kappa shape index (κ1) is 15.7. The lowest BCUT2D eigenvalue weighted by molar-refractivity contribution is 0.582. The van der Waals surface area contributed by atoms with Gasteiger partial charge in [0.2, 0.25) is 0 Å². The third kappa shape index (κ3) is 3.33. The van der Waals surface area contributed by atoms with Gasteiger partial charge in [-0.25, -0.2) is 17.2 Å². The van der Waals surface area contributed by atoms with Crippen LogP contribution >= 0.6 is 15.9 Å². The third-order valence-corrected chi connectivity index (χ3v) is 4.55. The molecule has 0 unspecified atom stereocenters. The second-order valence-corrected chi connectivity index (χ2v) is 6.66. The number of hydrogen-bond donors (Lipinski definition) is 2. The van der Waals surface area contributed by atoms with E-state index >= 15 is 0 Å². The Bertz CT molecular complexity index is 758. The first-order valence-electron chi connectivity index (χ1n) is 5.79. The molecule has 2 N–H and O–H groups in total. The van der Waals surface area contributed by atoms with Crippen molar-refractivity contribution in [2.24, 2.45) is 0 Å². The van der Waals surface area contributed by atoms with Crippen molar-refractivity contribution in [2.45, 2.75) is 4.90 Å². The van der Waals surface area contributed by atoms with Gasteiger partial charge in [0.1, 0.15) is 10.6 Å². The fourth-order valence-electron chi connectivity index (χ4n) is 1.74. The van der Waals surface area contributed by atoms with Crippen molar-refractivity contribution in [3.05, 3.63) is 52.5 Å². The second kappa shape index (κ2) is 5.98. The normalized spacial score (nSPS) is 11.2. The lowest BCUT2D eigenvalue weighted by Crippen LogP contribution is -2.16. The lowest BCUT2D eigenvalue weighted by Gasteiger charge is -2.13. The number of halogens is 3. The van der Waals surface area contributed by atoms with Gasteiger partial charge >= 0.3 is 0 Å². The van der Waals surface area contributed by atoms with E-state index in [4.69, 9.17) is 0 Å². The minimum Gasteiger partial charge on any atom is -0.387 e. The molecule has 0 bridgehead atoms. The number of benzene rings is 2. The summed E-state index contributed by atoms with van der Waals surface area (Å²) in [6, 6.07) is 8.00. The van der Waals surface area contributed by atoms with Crippen LogP contribution in [0, 0.1) is 11.6 Å². The Morgan fingerprint density at radius 2 is 1.67 bits per heavy atom. The van der Waals surface area contributed by atoms with Crippen LogP contribution in [0.3, 0.4) is 0 Å². The van der Waals surface area contributed by atoms with E-state index in [-0.39, 0.29) is 9.37 Å². The van der Waals surface area contributed by atoms with Gasteiger partial charge in [0, 0.05) is 11.5 Å². The third-order valence-electron chi connectivity index (χ3n) is 2.69. The first-order valence-corrected chi connectivity index (χ1v) is 8.07. The Labute approximate surface area is 129 Å². The average Bonchev–Trinajstić information content (AvgIpc) is 2.43. The molecule has 0 radical (unpaired) electrons. The van der Waals surface area contributed by atoms with E-state index in [0.29, 0.717) is 5.69 Å². The number of para-hydroxylation sites is 1. The maximum absolute atomic E-state index is 13.7. The van der Waals surface area contributed by atoms with E-state index in [0.717, 1.165) is 12.1 Å². The number of anilines is 2. The van der Waals surface area contributed by atoms with Crippen molar-refractivity contribution in [3.8, 4) is 0 Å². The molecule has 0 saturated heterocycles. The van der Waals surface area contributed by atoms with Crippen LogP contribution in [0.5, 0.6) is 0 Å². The molecule has 0 saturated carbocycles. The van der Waals surface area contributed by atoms with E-state index < -0.39 is 27.3 Å². The summed E-state index contributed by atoms with van der Waals surface area (Å²) in [4.78, 5) is -0.103. The van der Waals surface area contributed by atoms with Crippen LogP contribution in [-0.2, 0) is 10.0 Å². The highest BCUT2D eigenvalue weighted by Gasteiger charge is 2.22. The fourth-order valence-corrected chi connectivity index (χ4v) is 3.43. The lowest BCUT2D eigenvalue weighted by atomic mass is 10.3. The van der Waals surface area contributed by atoms with E-state index in [9.17, 15) is 17.2 Å². The number of nitrogens with one attached hydrogen (secondary N) is 2. The van der Waals surface area contributed by atoms with Gasteiger partial charge in [-0.1, -0.05) is 28.1 Å². The molecular weight excluding hydrogens is 366 g/mol.